The highest BCUT2D eigenvalue weighted by Crippen LogP contribution is 1.90. The van der Waals surface area contributed by atoms with Crippen LogP contribution in [0.4, 0.5) is 0 Å². The summed E-state index contributed by atoms with van der Waals surface area (Å²) in [4.78, 5) is 11.1. The molecule has 4 heteroatoms. The summed E-state index contributed by atoms with van der Waals surface area (Å²) in [6.45, 7) is 7.00. The average Bonchev–Trinajstić information content (AvgIpc) is 2.14. The molecule has 0 aliphatic heterocycles. The highest BCUT2D eigenvalue weighted by Gasteiger charge is 2.07. The molecule has 14 heavy (non-hydrogen) atoms. The second-order valence-corrected chi connectivity index (χ2v) is 3.58. The first-order valence-electron chi connectivity index (χ1n) is 5.26. The van der Waals surface area contributed by atoms with E-state index in [1.165, 1.54) is 0 Å². The Bertz CT molecular complexity index is 160. The molecule has 0 heterocycles. The van der Waals surface area contributed by atoms with Gasteiger partial charge in [0.15, 0.2) is 0 Å². The van der Waals surface area contributed by atoms with Gasteiger partial charge in [-0.25, -0.2) is 0 Å². The van der Waals surface area contributed by atoms with Gasteiger partial charge in [-0.05, 0) is 20.3 Å². The second kappa shape index (κ2) is 7.76. The van der Waals surface area contributed by atoms with Crippen LogP contribution >= 0.6 is 0 Å². The Morgan fingerprint density at radius 1 is 1.36 bits per heavy atom. The Morgan fingerprint density at radius 2 is 2.00 bits per heavy atom. The third-order valence-electron chi connectivity index (χ3n) is 2.11. The highest BCUT2D eigenvalue weighted by molar-refractivity contribution is 5.75. The quantitative estimate of drug-likeness (QED) is 0.555. The van der Waals surface area contributed by atoms with Crippen LogP contribution in [0.2, 0.25) is 0 Å². The monoisotopic (exact) mass is 202 g/mol. The molecular weight excluding hydrogens is 180 g/mol. The molecular formula is C10H22N2O2. The molecule has 0 spiro atoms. The number of amides is 1. The first kappa shape index (κ1) is 13.4. The van der Waals surface area contributed by atoms with E-state index in [2.05, 4.69) is 10.6 Å². The molecule has 2 unspecified atom stereocenters. The van der Waals surface area contributed by atoms with E-state index in [1.807, 2.05) is 13.8 Å². The van der Waals surface area contributed by atoms with Gasteiger partial charge in [0, 0.05) is 25.6 Å². The normalized spacial score (nSPS) is 14.9. The van der Waals surface area contributed by atoms with Crippen LogP contribution in [0.3, 0.4) is 0 Å². The van der Waals surface area contributed by atoms with Crippen molar-refractivity contribution in [3.8, 4) is 0 Å². The number of carbonyl (C=O) groups is 1. The lowest BCUT2D eigenvalue weighted by molar-refractivity contribution is -0.121. The van der Waals surface area contributed by atoms with Gasteiger partial charge in [0.1, 0.15) is 0 Å². The van der Waals surface area contributed by atoms with Gasteiger partial charge in [-0.3, -0.25) is 4.79 Å². The zero-order valence-electron chi connectivity index (χ0n) is 9.34. The molecule has 0 aliphatic rings. The second-order valence-electron chi connectivity index (χ2n) is 3.58. The van der Waals surface area contributed by atoms with E-state index in [4.69, 9.17) is 5.11 Å². The van der Waals surface area contributed by atoms with Crippen LogP contribution in [0, 0.1) is 0 Å². The van der Waals surface area contributed by atoms with Gasteiger partial charge in [0.2, 0.25) is 5.91 Å². The molecule has 0 aromatic heterocycles. The molecule has 0 saturated heterocycles. The van der Waals surface area contributed by atoms with Gasteiger partial charge in [0.05, 0.1) is 6.10 Å². The van der Waals surface area contributed by atoms with Crippen molar-refractivity contribution in [2.75, 3.05) is 13.1 Å². The Balaban J connectivity index is 3.39. The summed E-state index contributed by atoms with van der Waals surface area (Å²) in [7, 11) is 0. The number of aliphatic hydroxyl groups is 1. The van der Waals surface area contributed by atoms with E-state index in [9.17, 15) is 4.79 Å². The van der Waals surface area contributed by atoms with Crippen LogP contribution in [0.25, 0.3) is 0 Å². The summed E-state index contributed by atoms with van der Waals surface area (Å²) in [6, 6.07) is 0.0361. The van der Waals surface area contributed by atoms with Gasteiger partial charge in [-0.1, -0.05) is 6.92 Å². The molecule has 0 rings (SSSR count). The van der Waals surface area contributed by atoms with Gasteiger partial charge >= 0.3 is 0 Å². The highest BCUT2D eigenvalue weighted by atomic mass is 16.3. The van der Waals surface area contributed by atoms with Crippen molar-refractivity contribution >= 4 is 5.91 Å². The standard InChI is InChI=1S/C10H22N2O2/c1-4-6-12-10(14)5-7-11-8(2)9(3)13/h8-9,11,13H,4-7H2,1-3H3,(H,12,14). The summed E-state index contributed by atoms with van der Waals surface area (Å²) in [6.07, 6.45) is 1.05. The average molecular weight is 202 g/mol. The summed E-state index contributed by atoms with van der Waals surface area (Å²) in [5.74, 6) is 0.0668. The van der Waals surface area contributed by atoms with Crippen LogP contribution in [-0.4, -0.2) is 36.2 Å². The number of nitrogens with one attached hydrogen (secondary N) is 2. The Morgan fingerprint density at radius 3 is 2.50 bits per heavy atom. The van der Waals surface area contributed by atoms with Gasteiger partial charge in [0.25, 0.3) is 0 Å². The molecule has 0 bridgehead atoms. The molecule has 2 atom stereocenters. The number of aliphatic hydroxyl groups excluding tert-OH is 1. The van der Waals surface area contributed by atoms with Crippen LogP contribution in [0.5, 0.6) is 0 Å². The molecule has 3 N–H and O–H groups in total. The van der Waals surface area contributed by atoms with Crippen molar-refractivity contribution < 1.29 is 9.90 Å². The summed E-state index contributed by atoms with van der Waals surface area (Å²) in [5.41, 5.74) is 0. The molecule has 0 fully saturated rings. The van der Waals surface area contributed by atoms with Gasteiger partial charge < -0.3 is 15.7 Å². The largest absolute Gasteiger partial charge is 0.392 e. The van der Waals surface area contributed by atoms with Crippen molar-refractivity contribution in [3.05, 3.63) is 0 Å². The molecule has 0 saturated carbocycles. The van der Waals surface area contributed by atoms with Crippen molar-refractivity contribution in [2.24, 2.45) is 0 Å². The third-order valence-corrected chi connectivity index (χ3v) is 2.11. The van der Waals surface area contributed by atoms with E-state index in [-0.39, 0.29) is 18.1 Å². The molecule has 1 amide bonds. The maximum atomic E-state index is 11.1. The first-order chi connectivity index (χ1) is 6.57. The van der Waals surface area contributed by atoms with Crippen molar-refractivity contribution in [1.82, 2.24) is 10.6 Å². The first-order valence-corrected chi connectivity index (χ1v) is 5.26. The Hall–Kier alpha value is -0.610. The smallest absolute Gasteiger partial charge is 0.221 e. The summed E-state index contributed by atoms with van der Waals surface area (Å²) < 4.78 is 0. The van der Waals surface area contributed by atoms with Crippen LogP contribution in [0.1, 0.15) is 33.6 Å². The molecule has 84 valence electrons. The van der Waals surface area contributed by atoms with Crippen LogP contribution in [0.15, 0.2) is 0 Å². The minimum absolute atomic E-state index is 0.0361. The summed E-state index contributed by atoms with van der Waals surface area (Å²) in [5, 5.41) is 15.0. The fourth-order valence-corrected chi connectivity index (χ4v) is 0.937. The SMILES string of the molecule is CCCNC(=O)CCNC(C)C(C)O. The van der Waals surface area contributed by atoms with E-state index in [0.717, 1.165) is 13.0 Å². The van der Waals surface area contributed by atoms with Gasteiger partial charge in [-0.15, -0.1) is 0 Å². The molecule has 0 radical (unpaired) electrons. The number of rotatable bonds is 7. The molecule has 0 aliphatic carbocycles. The topological polar surface area (TPSA) is 61.4 Å². The minimum Gasteiger partial charge on any atom is -0.392 e. The fourth-order valence-electron chi connectivity index (χ4n) is 0.937. The van der Waals surface area contributed by atoms with Crippen molar-refractivity contribution in [1.29, 1.82) is 0 Å². The Labute approximate surface area is 86.1 Å². The zero-order valence-corrected chi connectivity index (χ0v) is 9.34. The number of hydrogen-bond acceptors (Lipinski definition) is 3. The maximum Gasteiger partial charge on any atom is 0.221 e. The van der Waals surface area contributed by atoms with Gasteiger partial charge in [-0.2, -0.15) is 0 Å². The number of carbonyl (C=O) groups excluding carboxylic acids is 1. The van der Waals surface area contributed by atoms with E-state index < -0.39 is 0 Å². The predicted octanol–water partition coefficient (Wildman–Crippen LogP) is 0.262. The fraction of sp³-hybridized carbons (Fsp3) is 0.900. The molecule has 0 aromatic rings. The van der Waals surface area contributed by atoms with E-state index >= 15 is 0 Å². The van der Waals surface area contributed by atoms with Crippen LogP contribution < -0.4 is 10.6 Å². The third kappa shape index (κ3) is 6.86. The van der Waals surface area contributed by atoms with Crippen molar-refractivity contribution in [2.45, 2.75) is 45.8 Å². The van der Waals surface area contributed by atoms with Crippen molar-refractivity contribution in [3.63, 3.8) is 0 Å². The van der Waals surface area contributed by atoms with Crippen LogP contribution in [-0.2, 0) is 4.79 Å². The predicted molar refractivity (Wildman–Crippen MR) is 57.1 cm³/mol. The maximum absolute atomic E-state index is 11.1. The minimum atomic E-state index is -0.381. The molecule has 0 aromatic carbocycles. The zero-order chi connectivity index (χ0) is 11.0. The summed E-state index contributed by atoms with van der Waals surface area (Å²) >= 11 is 0. The van der Waals surface area contributed by atoms with E-state index in [1.54, 1.807) is 6.92 Å². The molecule has 4 nitrogen and oxygen atoms in total. The lowest BCUT2D eigenvalue weighted by atomic mass is 10.2. The lowest BCUT2D eigenvalue weighted by Gasteiger charge is -2.16. The lowest BCUT2D eigenvalue weighted by Crippen LogP contribution is -2.38. The Kier molecular flexibility index (Phi) is 7.42. The van der Waals surface area contributed by atoms with E-state index in [0.29, 0.717) is 13.0 Å². The number of hydrogen-bond donors (Lipinski definition) is 3.